The molecule has 1 fully saturated rings. The summed E-state index contributed by atoms with van der Waals surface area (Å²) in [5.74, 6) is 0.990. The fourth-order valence-electron chi connectivity index (χ4n) is 2.64. The average molecular weight is 279 g/mol. The molecule has 1 unspecified atom stereocenters. The van der Waals surface area contributed by atoms with Crippen LogP contribution in [-0.2, 0) is 13.1 Å². The van der Waals surface area contributed by atoms with Gasteiger partial charge in [0.1, 0.15) is 0 Å². The molecule has 0 aromatic carbocycles. The van der Waals surface area contributed by atoms with E-state index < -0.39 is 0 Å². The van der Waals surface area contributed by atoms with Gasteiger partial charge in [0, 0.05) is 24.2 Å². The summed E-state index contributed by atoms with van der Waals surface area (Å²) >= 11 is 0. The van der Waals surface area contributed by atoms with Gasteiger partial charge in [0.05, 0.1) is 12.2 Å². The predicted molar refractivity (Wildman–Crippen MR) is 81.4 cm³/mol. The second-order valence-electron chi connectivity index (χ2n) is 7.06. The average Bonchev–Trinajstić information content (AvgIpc) is 2.71. The first kappa shape index (κ1) is 15.5. The molecule has 1 aromatic heterocycles. The molecular weight excluding hydrogens is 250 g/mol. The zero-order valence-electron chi connectivity index (χ0n) is 13.4. The normalized spacial score (nSPS) is 21.9. The Balaban J connectivity index is 1.88. The Bertz CT molecular complexity index is 408. The van der Waals surface area contributed by atoms with E-state index in [1.54, 1.807) is 0 Å². The van der Waals surface area contributed by atoms with E-state index >= 15 is 0 Å². The third kappa shape index (κ3) is 4.91. The standard InChI is InChI=1S/C16H29N3O/c1-13-8-6-5-7-9-19(13)12-15-10-14(18-20-15)11-17-16(2,3)4/h10,13,17H,5-9,11-12H2,1-4H3. The fourth-order valence-corrected chi connectivity index (χ4v) is 2.64. The minimum absolute atomic E-state index is 0.110. The summed E-state index contributed by atoms with van der Waals surface area (Å²) in [4.78, 5) is 2.52. The molecule has 1 atom stereocenters. The quantitative estimate of drug-likeness (QED) is 0.918. The van der Waals surface area contributed by atoms with E-state index in [0.717, 1.165) is 24.5 Å². The lowest BCUT2D eigenvalue weighted by atomic mass is 10.1. The maximum absolute atomic E-state index is 5.49. The maximum atomic E-state index is 5.49. The SMILES string of the molecule is CC1CCCCCN1Cc1cc(CNC(C)(C)C)no1. The van der Waals surface area contributed by atoms with Gasteiger partial charge in [-0.15, -0.1) is 0 Å². The summed E-state index contributed by atoms with van der Waals surface area (Å²) in [5, 5.41) is 7.61. The van der Waals surface area contributed by atoms with Gasteiger partial charge in [-0.3, -0.25) is 4.90 Å². The molecule has 0 saturated carbocycles. The van der Waals surface area contributed by atoms with Crippen LogP contribution in [0, 0.1) is 0 Å². The molecule has 2 rings (SSSR count). The third-order valence-electron chi connectivity index (χ3n) is 3.96. The van der Waals surface area contributed by atoms with Crippen LogP contribution in [0.25, 0.3) is 0 Å². The van der Waals surface area contributed by atoms with Crippen molar-refractivity contribution in [3.05, 3.63) is 17.5 Å². The van der Waals surface area contributed by atoms with Gasteiger partial charge in [-0.2, -0.15) is 0 Å². The van der Waals surface area contributed by atoms with E-state index in [2.05, 4.69) is 49.1 Å². The minimum Gasteiger partial charge on any atom is -0.360 e. The molecule has 114 valence electrons. The molecule has 2 heterocycles. The molecule has 4 nitrogen and oxygen atoms in total. The highest BCUT2D eigenvalue weighted by Crippen LogP contribution is 2.19. The fraction of sp³-hybridized carbons (Fsp3) is 0.812. The van der Waals surface area contributed by atoms with E-state index in [0.29, 0.717) is 6.04 Å². The zero-order valence-corrected chi connectivity index (χ0v) is 13.4. The summed E-state index contributed by atoms with van der Waals surface area (Å²) < 4.78 is 5.49. The predicted octanol–water partition coefficient (Wildman–Crippen LogP) is 3.33. The summed E-state index contributed by atoms with van der Waals surface area (Å²) in [7, 11) is 0. The lowest BCUT2D eigenvalue weighted by molar-refractivity contribution is 0.182. The monoisotopic (exact) mass is 279 g/mol. The Labute approximate surface area is 122 Å². The van der Waals surface area contributed by atoms with Crippen LogP contribution in [0.2, 0.25) is 0 Å². The Kier molecular flexibility index (Phi) is 5.22. The van der Waals surface area contributed by atoms with Crippen LogP contribution in [0.3, 0.4) is 0 Å². The molecule has 0 aliphatic carbocycles. The van der Waals surface area contributed by atoms with E-state index in [9.17, 15) is 0 Å². The van der Waals surface area contributed by atoms with E-state index in [1.807, 2.05) is 0 Å². The Morgan fingerprint density at radius 2 is 2.15 bits per heavy atom. The molecule has 1 saturated heterocycles. The van der Waals surface area contributed by atoms with Gasteiger partial charge in [-0.25, -0.2) is 0 Å². The highest BCUT2D eigenvalue weighted by molar-refractivity contribution is 5.06. The highest BCUT2D eigenvalue weighted by Gasteiger charge is 2.19. The molecule has 1 aliphatic rings. The van der Waals surface area contributed by atoms with Crippen molar-refractivity contribution in [1.82, 2.24) is 15.4 Å². The van der Waals surface area contributed by atoms with Gasteiger partial charge in [0.2, 0.25) is 0 Å². The van der Waals surface area contributed by atoms with Crippen LogP contribution >= 0.6 is 0 Å². The van der Waals surface area contributed by atoms with Crippen molar-refractivity contribution in [2.75, 3.05) is 6.54 Å². The Hall–Kier alpha value is -0.870. The highest BCUT2D eigenvalue weighted by atomic mass is 16.5. The van der Waals surface area contributed by atoms with Crippen molar-refractivity contribution in [3.63, 3.8) is 0 Å². The van der Waals surface area contributed by atoms with Gasteiger partial charge in [-0.1, -0.05) is 18.0 Å². The molecule has 4 heteroatoms. The largest absolute Gasteiger partial charge is 0.360 e. The number of rotatable bonds is 4. The summed E-state index contributed by atoms with van der Waals surface area (Å²) in [6.45, 7) is 11.6. The second-order valence-corrected chi connectivity index (χ2v) is 7.06. The molecule has 0 amide bonds. The van der Waals surface area contributed by atoms with Crippen LogP contribution in [-0.4, -0.2) is 28.2 Å². The molecule has 0 radical (unpaired) electrons. The Morgan fingerprint density at radius 1 is 1.35 bits per heavy atom. The number of aromatic nitrogens is 1. The van der Waals surface area contributed by atoms with Crippen LogP contribution in [0.15, 0.2) is 10.6 Å². The Morgan fingerprint density at radius 3 is 2.90 bits per heavy atom. The molecule has 1 aliphatic heterocycles. The molecule has 0 spiro atoms. The van der Waals surface area contributed by atoms with Gasteiger partial charge >= 0.3 is 0 Å². The summed E-state index contributed by atoms with van der Waals surface area (Å²) in [5.41, 5.74) is 1.11. The van der Waals surface area contributed by atoms with Crippen molar-refractivity contribution in [2.24, 2.45) is 0 Å². The van der Waals surface area contributed by atoms with Crippen molar-refractivity contribution < 1.29 is 4.52 Å². The van der Waals surface area contributed by atoms with Crippen molar-refractivity contribution in [3.8, 4) is 0 Å². The molecule has 1 aromatic rings. The molecule has 20 heavy (non-hydrogen) atoms. The van der Waals surface area contributed by atoms with Gasteiger partial charge in [-0.05, 0) is 47.1 Å². The van der Waals surface area contributed by atoms with Crippen LogP contribution in [0.5, 0.6) is 0 Å². The molecule has 1 N–H and O–H groups in total. The molecular formula is C16H29N3O. The zero-order chi connectivity index (χ0) is 14.6. The van der Waals surface area contributed by atoms with E-state index in [1.165, 1.54) is 32.2 Å². The first-order chi connectivity index (χ1) is 9.44. The maximum Gasteiger partial charge on any atom is 0.151 e. The minimum atomic E-state index is 0.110. The van der Waals surface area contributed by atoms with Crippen LogP contribution in [0.1, 0.15) is 64.8 Å². The summed E-state index contributed by atoms with van der Waals surface area (Å²) in [6, 6.07) is 2.75. The molecule has 0 bridgehead atoms. The first-order valence-corrected chi connectivity index (χ1v) is 7.87. The van der Waals surface area contributed by atoms with Crippen LogP contribution < -0.4 is 5.32 Å². The second kappa shape index (κ2) is 6.72. The lowest BCUT2D eigenvalue weighted by Crippen LogP contribution is -2.35. The number of hydrogen-bond donors (Lipinski definition) is 1. The van der Waals surface area contributed by atoms with E-state index in [4.69, 9.17) is 4.52 Å². The van der Waals surface area contributed by atoms with Crippen molar-refractivity contribution in [2.45, 2.75) is 78.0 Å². The summed E-state index contributed by atoms with van der Waals surface area (Å²) in [6.07, 6.45) is 5.32. The topological polar surface area (TPSA) is 41.3 Å². The van der Waals surface area contributed by atoms with E-state index in [-0.39, 0.29) is 5.54 Å². The van der Waals surface area contributed by atoms with Crippen LogP contribution in [0.4, 0.5) is 0 Å². The van der Waals surface area contributed by atoms with Gasteiger partial charge in [0.25, 0.3) is 0 Å². The number of hydrogen-bond acceptors (Lipinski definition) is 4. The lowest BCUT2D eigenvalue weighted by Gasteiger charge is -2.25. The number of likely N-dealkylation sites (tertiary alicyclic amines) is 1. The van der Waals surface area contributed by atoms with Crippen molar-refractivity contribution in [1.29, 1.82) is 0 Å². The third-order valence-corrected chi connectivity index (χ3v) is 3.96. The van der Waals surface area contributed by atoms with Gasteiger partial charge < -0.3 is 9.84 Å². The smallest absolute Gasteiger partial charge is 0.151 e. The number of nitrogens with one attached hydrogen (secondary N) is 1. The first-order valence-electron chi connectivity index (χ1n) is 7.87. The number of nitrogens with zero attached hydrogens (tertiary/aromatic N) is 2. The van der Waals surface area contributed by atoms with Gasteiger partial charge in [0.15, 0.2) is 5.76 Å². The van der Waals surface area contributed by atoms with Crippen molar-refractivity contribution >= 4 is 0 Å².